The zero-order valence-corrected chi connectivity index (χ0v) is 16.5. The van der Waals surface area contributed by atoms with Gasteiger partial charge in [0.1, 0.15) is 0 Å². The first kappa shape index (κ1) is 21.2. The van der Waals surface area contributed by atoms with Crippen molar-refractivity contribution < 1.29 is 22.7 Å². The summed E-state index contributed by atoms with van der Waals surface area (Å²) in [6, 6.07) is 5.46. The average Bonchev–Trinajstić information content (AvgIpc) is 2.64. The third-order valence-electron chi connectivity index (χ3n) is 4.31. The molecule has 1 amide bonds. The summed E-state index contributed by atoms with van der Waals surface area (Å²) < 4.78 is 35.1. The van der Waals surface area contributed by atoms with Crippen LogP contribution in [0.2, 0.25) is 0 Å². The molecule has 3 N–H and O–H groups in total. The number of carbonyl (C=O) groups excluding carboxylic acids is 1. The predicted molar refractivity (Wildman–Crippen MR) is 104 cm³/mol. The Morgan fingerprint density at radius 3 is 2.85 bits per heavy atom. The van der Waals surface area contributed by atoms with E-state index in [-0.39, 0.29) is 18.4 Å². The van der Waals surface area contributed by atoms with E-state index in [1.807, 2.05) is 19.1 Å². The number of carbonyl (C=O) groups is 1. The van der Waals surface area contributed by atoms with Crippen molar-refractivity contribution in [2.24, 2.45) is 11.1 Å². The number of nitrogens with zero attached hydrogens (tertiary/aromatic N) is 1. The van der Waals surface area contributed by atoms with Crippen molar-refractivity contribution in [3.05, 3.63) is 29.8 Å². The van der Waals surface area contributed by atoms with Gasteiger partial charge in [-0.15, -0.1) is 0 Å². The van der Waals surface area contributed by atoms with E-state index in [9.17, 15) is 13.2 Å². The molecule has 2 rings (SSSR count). The number of hydrogen-bond acceptors (Lipinski definition) is 5. The fourth-order valence-corrected chi connectivity index (χ4v) is 3.47. The Hall–Kier alpha value is -2.10. The summed E-state index contributed by atoms with van der Waals surface area (Å²) in [7, 11) is -2.13. The first-order valence-corrected chi connectivity index (χ1v) is 10.4. The number of nitrogens with two attached hydrogens (primary N) is 1. The molecule has 1 heterocycles. The van der Waals surface area contributed by atoms with Crippen LogP contribution in [0, 0.1) is 5.92 Å². The summed E-state index contributed by atoms with van der Waals surface area (Å²) in [5.41, 5.74) is 0.831. The normalized spacial score (nSPS) is 17.9. The highest BCUT2D eigenvalue weighted by Gasteiger charge is 2.23. The molecule has 1 aromatic carbocycles. The summed E-state index contributed by atoms with van der Waals surface area (Å²) in [5, 5.41) is 4.96. The van der Waals surface area contributed by atoms with E-state index in [1.54, 1.807) is 24.2 Å². The number of nitrogens with one attached hydrogen (secondary N) is 1. The largest absolute Gasteiger partial charge is 0.493 e. The second-order valence-corrected chi connectivity index (χ2v) is 7.74. The second kappa shape index (κ2) is 9.72. The van der Waals surface area contributed by atoms with E-state index in [0.29, 0.717) is 31.2 Å². The number of piperidine rings is 1. The van der Waals surface area contributed by atoms with Gasteiger partial charge < -0.3 is 14.4 Å². The molecule has 8 nitrogen and oxygen atoms in total. The molecule has 9 heteroatoms. The van der Waals surface area contributed by atoms with Gasteiger partial charge >= 0.3 is 0 Å². The average molecular weight is 397 g/mol. The summed E-state index contributed by atoms with van der Waals surface area (Å²) in [5.74, 6) is 1.22. The molecule has 0 radical (unpaired) electrons. The molecule has 1 aliphatic heterocycles. The molecule has 1 fully saturated rings. The standard InChI is InChI=1S/C18H27N3O5S/c1-3-26-17-11-14(6-8-16(17)25-2)7-9-18(22)21-10-4-5-15(13-21)12-20-27(19,23)24/h6-9,11,15,20H,3-5,10,12-13H2,1-2H3,(H2,19,23,24)/b9-7+/t15-/m0/s1. The van der Waals surface area contributed by atoms with Crippen LogP contribution >= 0.6 is 0 Å². The maximum atomic E-state index is 12.5. The minimum atomic E-state index is -3.71. The molecule has 1 atom stereocenters. The SMILES string of the molecule is CCOc1cc(/C=C/C(=O)N2CCC[C@@H](CNS(N)(=O)=O)C2)ccc1OC. The van der Waals surface area contributed by atoms with E-state index in [4.69, 9.17) is 14.6 Å². The van der Waals surface area contributed by atoms with E-state index < -0.39 is 10.2 Å². The zero-order valence-electron chi connectivity index (χ0n) is 15.7. The predicted octanol–water partition coefficient (Wildman–Crippen LogP) is 1.14. The molecule has 27 heavy (non-hydrogen) atoms. The van der Waals surface area contributed by atoms with E-state index in [2.05, 4.69) is 4.72 Å². The van der Waals surface area contributed by atoms with Crippen LogP contribution in [0.25, 0.3) is 6.08 Å². The molecule has 1 aliphatic rings. The Morgan fingerprint density at radius 2 is 2.19 bits per heavy atom. The van der Waals surface area contributed by atoms with Crippen molar-refractivity contribution in [3.8, 4) is 11.5 Å². The lowest BCUT2D eigenvalue weighted by Gasteiger charge is -2.32. The van der Waals surface area contributed by atoms with Crippen LogP contribution in [0.4, 0.5) is 0 Å². The van der Waals surface area contributed by atoms with Gasteiger partial charge in [-0.1, -0.05) is 6.07 Å². The van der Waals surface area contributed by atoms with Crippen LogP contribution in [0.5, 0.6) is 11.5 Å². The molecule has 150 valence electrons. The van der Waals surface area contributed by atoms with Gasteiger partial charge in [0.05, 0.1) is 13.7 Å². The number of rotatable bonds is 8. The molecule has 0 aromatic heterocycles. The smallest absolute Gasteiger partial charge is 0.274 e. The highest BCUT2D eigenvalue weighted by atomic mass is 32.2. The number of benzene rings is 1. The fraction of sp³-hybridized carbons (Fsp3) is 0.500. The lowest BCUT2D eigenvalue weighted by molar-refractivity contribution is -0.127. The number of ether oxygens (including phenoxy) is 2. The maximum Gasteiger partial charge on any atom is 0.274 e. The molecule has 0 bridgehead atoms. The Bertz CT molecular complexity index is 779. The van der Waals surface area contributed by atoms with Gasteiger partial charge in [-0.3, -0.25) is 4.79 Å². The Morgan fingerprint density at radius 1 is 1.41 bits per heavy atom. The molecule has 1 saturated heterocycles. The van der Waals surface area contributed by atoms with Gasteiger partial charge in [-0.05, 0) is 49.5 Å². The first-order chi connectivity index (χ1) is 12.8. The summed E-state index contributed by atoms with van der Waals surface area (Å²) >= 11 is 0. The topological polar surface area (TPSA) is 111 Å². The van der Waals surface area contributed by atoms with Gasteiger partial charge in [0, 0.05) is 25.7 Å². The lowest BCUT2D eigenvalue weighted by Crippen LogP contribution is -2.44. The Labute approximate surface area is 160 Å². The molecular weight excluding hydrogens is 370 g/mol. The molecule has 1 aromatic rings. The lowest BCUT2D eigenvalue weighted by atomic mass is 9.98. The van der Waals surface area contributed by atoms with Crippen molar-refractivity contribution in [1.29, 1.82) is 0 Å². The van der Waals surface area contributed by atoms with Gasteiger partial charge in [0.15, 0.2) is 11.5 Å². The zero-order chi connectivity index (χ0) is 19.9. The number of methoxy groups -OCH3 is 1. The van der Waals surface area contributed by atoms with Gasteiger partial charge in [-0.25, -0.2) is 9.86 Å². The van der Waals surface area contributed by atoms with E-state index in [1.165, 1.54) is 6.08 Å². The summed E-state index contributed by atoms with van der Waals surface area (Å²) in [6.07, 6.45) is 4.93. The molecular formula is C18H27N3O5S. The van der Waals surface area contributed by atoms with Crippen LogP contribution < -0.4 is 19.3 Å². The number of likely N-dealkylation sites (tertiary alicyclic amines) is 1. The van der Waals surface area contributed by atoms with Crippen molar-refractivity contribution in [2.45, 2.75) is 19.8 Å². The summed E-state index contributed by atoms with van der Waals surface area (Å²) in [4.78, 5) is 14.2. The van der Waals surface area contributed by atoms with Crippen LogP contribution in [0.1, 0.15) is 25.3 Å². The van der Waals surface area contributed by atoms with Crippen LogP contribution in [0.15, 0.2) is 24.3 Å². The van der Waals surface area contributed by atoms with Crippen LogP contribution in [-0.4, -0.2) is 52.6 Å². The van der Waals surface area contributed by atoms with Crippen molar-refractivity contribution in [2.75, 3.05) is 33.4 Å². The first-order valence-electron chi connectivity index (χ1n) is 8.87. The highest BCUT2D eigenvalue weighted by molar-refractivity contribution is 7.87. The van der Waals surface area contributed by atoms with Crippen molar-refractivity contribution in [1.82, 2.24) is 9.62 Å². The minimum absolute atomic E-state index is 0.0555. The van der Waals surface area contributed by atoms with Crippen LogP contribution in [0.3, 0.4) is 0 Å². The Kier molecular flexibility index (Phi) is 7.64. The van der Waals surface area contributed by atoms with E-state index in [0.717, 1.165) is 18.4 Å². The van der Waals surface area contributed by atoms with E-state index >= 15 is 0 Å². The quantitative estimate of drug-likeness (QED) is 0.639. The number of amides is 1. The maximum absolute atomic E-state index is 12.5. The van der Waals surface area contributed by atoms with Gasteiger partial charge in [0.2, 0.25) is 5.91 Å². The van der Waals surface area contributed by atoms with Gasteiger partial charge in [0.25, 0.3) is 10.2 Å². The van der Waals surface area contributed by atoms with Crippen molar-refractivity contribution in [3.63, 3.8) is 0 Å². The van der Waals surface area contributed by atoms with Gasteiger partial charge in [-0.2, -0.15) is 8.42 Å². The minimum Gasteiger partial charge on any atom is -0.493 e. The third kappa shape index (κ3) is 6.85. The Balaban J connectivity index is 1.98. The second-order valence-electron chi connectivity index (χ2n) is 6.36. The molecule has 0 aliphatic carbocycles. The third-order valence-corrected chi connectivity index (χ3v) is 4.88. The number of hydrogen-bond donors (Lipinski definition) is 2. The molecule has 0 saturated carbocycles. The molecule has 0 spiro atoms. The summed E-state index contributed by atoms with van der Waals surface area (Å²) in [6.45, 7) is 3.80. The van der Waals surface area contributed by atoms with Crippen LogP contribution in [-0.2, 0) is 15.0 Å². The monoisotopic (exact) mass is 397 g/mol. The fourth-order valence-electron chi connectivity index (χ4n) is 3.00. The highest BCUT2D eigenvalue weighted by Crippen LogP contribution is 2.28. The molecule has 0 unspecified atom stereocenters. The van der Waals surface area contributed by atoms with Crippen molar-refractivity contribution >= 4 is 22.2 Å².